The Morgan fingerprint density at radius 1 is 1.50 bits per heavy atom. The quantitative estimate of drug-likeness (QED) is 0.880. The summed E-state index contributed by atoms with van der Waals surface area (Å²) >= 11 is 1.73. The number of aryl methyl sites for hydroxylation is 2. The lowest BCUT2D eigenvalue weighted by Crippen LogP contribution is -2.02. The van der Waals surface area contributed by atoms with Gasteiger partial charge in [-0.05, 0) is 13.5 Å². The van der Waals surface area contributed by atoms with Crippen LogP contribution in [0.3, 0.4) is 0 Å². The van der Waals surface area contributed by atoms with Crippen LogP contribution in [0.2, 0.25) is 0 Å². The first kappa shape index (κ1) is 11.3. The average molecular weight is 236 g/mol. The molecule has 2 heterocycles. The van der Waals surface area contributed by atoms with E-state index in [1.54, 1.807) is 11.3 Å². The van der Waals surface area contributed by atoms with Gasteiger partial charge < -0.3 is 5.32 Å². The molecule has 0 amide bonds. The number of hydrogen-bond donors (Lipinski definition) is 1. The summed E-state index contributed by atoms with van der Waals surface area (Å²) < 4.78 is 1.85. The van der Waals surface area contributed by atoms with E-state index in [1.165, 1.54) is 4.88 Å². The Morgan fingerprint density at radius 2 is 2.31 bits per heavy atom. The zero-order chi connectivity index (χ0) is 11.5. The Morgan fingerprint density at radius 3 is 3.00 bits per heavy atom. The van der Waals surface area contributed by atoms with Gasteiger partial charge in [-0.15, -0.1) is 11.3 Å². The van der Waals surface area contributed by atoms with Crippen LogP contribution in [0.5, 0.6) is 0 Å². The third kappa shape index (κ3) is 2.15. The predicted octanol–water partition coefficient (Wildman–Crippen LogP) is 1.83. The molecular weight excluding hydrogens is 220 g/mol. The number of thiazole rings is 1. The fourth-order valence-corrected chi connectivity index (χ4v) is 2.62. The summed E-state index contributed by atoms with van der Waals surface area (Å²) in [5.41, 5.74) is 2.28. The van der Waals surface area contributed by atoms with Gasteiger partial charge in [0.25, 0.3) is 0 Å². The van der Waals surface area contributed by atoms with Gasteiger partial charge in [0.1, 0.15) is 5.01 Å². The summed E-state index contributed by atoms with van der Waals surface area (Å²) in [4.78, 5) is 5.71. The third-order valence-corrected chi connectivity index (χ3v) is 3.41. The van der Waals surface area contributed by atoms with E-state index in [0.29, 0.717) is 0 Å². The third-order valence-electron chi connectivity index (χ3n) is 2.38. The highest BCUT2D eigenvalue weighted by Gasteiger charge is 2.11. The normalized spacial score (nSPS) is 10.9. The van der Waals surface area contributed by atoms with E-state index in [2.05, 4.69) is 22.3 Å². The van der Waals surface area contributed by atoms with Crippen molar-refractivity contribution in [1.29, 1.82) is 0 Å². The Balaban J connectivity index is 2.34. The van der Waals surface area contributed by atoms with Crippen LogP contribution in [0, 0.1) is 0 Å². The fraction of sp³-hybridized carbons (Fsp3) is 0.455. The Hall–Kier alpha value is -1.20. The molecule has 0 aliphatic carbocycles. The molecule has 1 N–H and O–H groups in total. The molecule has 2 aromatic rings. The molecular formula is C11H16N4S. The van der Waals surface area contributed by atoms with Crippen LogP contribution >= 0.6 is 11.3 Å². The molecule has 0 aromatic carbocycles. The van der Waals surface area contributed by atoms with Crippen LogP contribution < -0.4 is 5.32 Å². The number of nitrogens with one attached hydrogen (secondary N) is 1. The van der Waals surface area contributed by atoms with Gasteiger partial charge in [0.05, 0.1) is 11.3 Å². The molecule has 0 atom stereocenters. The lowest BCUT2D eigenvalue weighted by Gasteiger charge is -1.93. The van der Waals surface area contributed by atoms with Crippen LogP contribution in [0.25, 0.3) is 10.6 Å². The molecule has 2 aromatic heterocycles. The molecule has 86 valence electrons. The van der Waals surface area contributed by atoms with Gasteiger partial charge in [0.2, 0.25) is 0 Å². The summed E-state index contributed by atoms with van der Waals surface area (Å²) in [6.07, 6.45) is 4.92. The maximum Gasteiger partial charge on any atom is 0.127 e. The zero-order valence-corrected chi connectivity index (χ0v) is 10.6. The number of hydrogen-bond acceptors (Lipinski definition) is 4. The van der Waals surface area contributed by atoms with Crippen molar-refractivity contribution >= 4 is 11.3 Å². The van der Waals surface area contributed by atoms with Crippen molar-refractivity contribution in [3.05, 3.63) is 23.0 Å². The standard InChI is InChI=1S/C11H16N4S/c1-4-10-9(7-15(3)14-10)11-13-6-8(16-11)5-12-2/h6-7,12H,4-5H2,1-3H3. The molecule has 2 rings (SSSR count). The molecule has 0 saturated heterocycles. The van der Waals surface area contributed by atoms with Crippen LogP contribution in [-0.4, -0.2) is 21.8 Å². The minimum absolute atomic E-state index is 0.874. The fourth-order valence-electron chi connectivity index (χ4n) is 1.66. The van der Waals surface area contributed by atoms with E-state index in [0.717, 1.165) is 29.2 Å². The summed E-state index contributed by atoms with van der Waals surface area (Å²) in [6, 6.07) is 0. The minimum atomic E-state index is 0.874. The van der Waals surface area contributed by atoms with Crippen LogP contribution in [0.1, 0.15) is 17.5 Å². The van der Waals surface area contributed by atoms with Crippen molar-refractivity contribution in [2.24, 2.45) is 7.05 Å². The monoisotopic (exact) mass is 236 g/mol. The molecule has 0 saturated carbocycles. The van der Waals surface area contributed by atoms with Crippen LogP contribution in [0.15, 0.2) is 12.4 Å². The van der Waals surface area contributed by atoms with E-state index in [1.807, 2.05) is 31.2 Å². The minimum Gasteiger partial charge on any atom is -0.315 e. The highest BCUT2D eigenvalue weighted by atomic mass is 32.1. The van der Waals surface area contributed by atoms with Gasteiger partial charge >= 0.3 is 0 Å². The van der Waals surface area contributed by atoms with Crippen LogP contribution in [0.4, 0.5) is 0 Å². The topological polar surface area (TPSA) is 42.7 Å². The van der Waals surface area contributed by atoms with Crippen molar-refractivity contribution in [2.45, 2.75) is 19.9 Å². The van der Waals surface area contributed by atoms with E-state index in [9.17, 15) is 0 Å². The second-order valence-corrected chi connectivity index (χ2v) is 4.79. The molecule has 0 unspecified atom stereocenters. The zero-order valence-electron chi connectivity index (χ0n) is 9.82. The number of aromatic nitrogens is 3. The highest BCUT2D eigenvalue weighted by molar-refractivity contribution is 7.15. The Kier molecular flexibility index (Phi) is 3.36. The van der Waals surface area contributed by atoms with Gasteiger partial charge in [0.15, 0.2) is 0 Å². The maximum absolute atomic E-state index is 4.45. The first-order valence-electron chi connectivity index (χ1n) is 5.36. The SMILES string of the molecule is CCc1nn(C)cc1-c1ncc(CNC)s1. The predicted molar refractivity (Wildman–Crippen MR) is 66.5 cm³/mol. The van der Waals surface area contributed by atoms with Crippen molar-refractivity contribution in [3.8, 4) is 10.6 Å². The van der Waals surface area contributed by atoms with Crippen molar-refractivity contribution in [1.82, 2.24) is 20.1 Å². The lowest BCUT2D eigenvalue weighted by atomic mass is 10.2. The molecule has 16 heavy (non-hydrogen) atoms. The second-order valence-electron chi connectivity index (χ2n) is 3.68. The van der Waals surface area contributed by atoms with Gasteiger partial charge in [-0.1, -0.05) is 6.92 Å². The number of rotatable bonds is 4. The summed E-state index contributed by atoms with van der Waals surface area (Å²) in [5.74, 6) is 0. The summed E-state index contributed by atoms with van der Waals surface area (Å²) in [7, 11) is 3.89. The Labute approximate surface area is 99.3 Å². The maximum atomic E-state index is 4.45. The highest BCUT2D eigenvalue weighted by Crippen LogP contribution is 2.27. The largest absolute Gasteiger partial charge is 0.315 e. The molecule has 0 fully saturated rings. The van der Waals surface area contributed by atoms with E-state index in [-0.39, 0.29) is 0 Å². The molecule has 0 bridgehead atoms. The van der Waals surface area contributed by atoms with Crippen molar-refractivity contribution in [3.63, 3.8) is 0 Å². The molecule has 0 radical (unpaired) electrons. The molecule has 0 aliphatic rings. The molecule has 5 heteroatoms. The van der Waals surface area contributed by atoms with Gasteiger partial charge in [0, 0.05) is 30.9 Å². The first-order chi connectivity index (χ1) is 7.74. The van der Waals surface area contributed by atoms with Gasteiger partial charge in [-0.25, -0.2) is 4.98 Å². The molecule has 0 spiro atoms. The van der Waals surface area contributed by atoms with Gasteiger partial charge in [-0.2, -0.15) is 5.10 Å². The smallest absolute Gasteiger partial charge is 0.127 e. The second kappa shape index (κ2) is 4.76. The van der Waals surface area contributed by atoms with Crippen molar-refractivity contribution in [2.75, 3.05) is 7.05 Å². The summed E-state index contributed by atoms with van der Waals surface area (Å²) in [5, 5.41) is 8.63. The Bertz CT molecular complexity index is 472. The summed E-state index contributed by atoms with van der Waals surface area (Å²) in [6.45, 7) is 2.99. The van der Waals surface area contributed by atoms with E-state index < -0.39 is 0 Å². The van der Waals surface area contributed by atoms with E-state index >= 15 is 0 Å². The number of nitrogens with zero attached hydrogens (tertiary/aromatic N) is 3. The van der Waals surface area contributed by atoms with Crippen molar-refractivity contribution < 1.29 is 0 Å². The van der Waals surface area contributed by atoms with E-state index in [4.69, 9.17) is 0 Å². The first-order valence-corrected chi connectivity index (χ1v) is 6.18. The lowest BCUT2D eigenvalue weighted by molar-refractivity contribution is 0.746. The molecule has 0 aliphatic heterocycles. The molecule has 4 nitrogen and oxygen atoms in total. The van der Waals surface area contributed by atoms with Gasteiger partial charge in [-0.3, -0.25) is 4.68 Å². The van der Waals surface area contributed by atoms with Crippen LogP contribution in [-0.2, 0) is 20.0 Å². The average Bonchev–Trinajstić information content (AvgIpc) is 2.85.